The molecule has 0 spiro atoms. The lowest BCUT2D eigenvalue weighted by atomic mass is 10.2. The van der Waals surface area contributed by atoms with Gasteiger partial charge in [-0.3, -0.25) is 0 Å². The van der Waals surface area contributed by atoms with Crippen LogP contribution in [0.15, 0.2) is 52.3 Å². The fourth-order valence-electron chi connectivity index (χ4n) is 1.49. The number of methoxy groups -OCH3 is 1. The highest BCUT2D eigenvalue weighted by Gasteiger charge is 2.03. The van der Waals surface area contributed by atoms with Crippen LogP contribution < -0.4 is 10.1 Å². The van der Waals surface area contributed by atoms with Gasteiger partial charge in [-0.1, -0.05) is 12.1 Å². The van der Waals surface area contributed by atoms with Crippen molar-refractivity contribution in [3.8, 4) is 5.75 Å². The standard InChI is InChI=1S/C14H15N3OS/c1-18-12-4-2-11(3-5-12)10-19-13-8-16-14(6-7-15)17-9-13/h2-9,15-16H,10H2,1H3/b14-6+,15-7?. The molecule has 0 bridgehead atoms. The van der Waals surface area contributed by atoms with Crippen molar-refractivity contribution in [2.45, 2.75) is 5.75 Å². The molecule has 19 heavy (non-hydrogen) atoms. The van der Waals surface area contributed by atoms with E-state index in [1.165, 1.54) is 11.8 Å². The molecule has 0 saturated carbocycles. The maximum absolute atomic E-state index is 6.96. The summed E-state index contributed by atoms with van der Waals surface area (Å²) in [6.07, 6.45) is 6.53. The van der Waals surface area contributed by atoms with Crippen LogP contribution in [0.2, 0.25) is 0 Å². The number of aliphatic imine (C=N–C) groups is 1. The molecule has 1 aliphatic heterocycles. The van der Waals surface area contributed by atoms with Gasteiger partial charge in [0.15, 0.2) is 0 Å². The van der Waals surface area contributed by atoms with E-state index in [9.17, 15) is 0 Å². The number of ether oxygens (including phenoxy) is 1. The molecule has 1 aromatic carbocycles. The first-order valence-corrected chi connectivity index (χ1v) is 6.77. The first kappa shape index (κ1) is 13.4. The van der Waals surface area contributed by atoms with Gasteiger partial charge < -0.3 is 15.5 Å². The zero-order valence-electron chi connectivity index (χ0n) is 10.6. The number of nitrogens with zero attached hydrogens (tertiary/aromatic N) is 1. The van der Waals surface area contributed by atoms with Crippen molar-refractivity contribution in [1.29, 1.82) is 5.41 Å². The van der Waals surface area contributed by atoms with Crippen molar-refractivity contribution in [3.63, 3.8) is 0 Å². The molecule has 1 heterocycles. The molecule has 1 aliphatic rings. The smallest absolute Gasteiger partial charge is 0.131 e. The number of rotatable bonds is 5. The van der Waals surface area contributed by atoms with Gasteiger partial charge in [-0.05, 0) is 23.8 Å². The number of thioether (sulfide) groups is 1. The van der Waals surface area contributed by atoms with Crippen LogP contribution >= 0.6 is 11.8 Å². The van der Waals surface area contributed by atoms with Crippen LogP contribution in [-0.4, -0.2) is 19.5 Å². The van der Waals surface area contributed by atoms with Gasteiger partial charge in [-0.15, -0.1) is 11.8 Å². The van der Waals surface area contributed by atoms with Gasteiger partial charge in [0, 0.05) is 29.3 Å². The van der Waals surface area contributed by atoms with E-state index in [0.717, 1.165) is 16.4 Å². The SMILES string of the molecule is COc1ccc(CSC2=CN/C(=C\C=N)N=C2)cc1. The Morgan fingerprint density at radius 1 is 1.37 bits per heavy atom. The van der Waals surface area contributed by atoms with E-state index in [-0.39, 0.29) is 0 Å². The zero-order valence-corrected chi connectivity index (χ0v) is 11.4. The van der Waals surface area contributed by atoms with Crippen LogP contribution in [0, 0.1) is 5.41 Å². The van der Waals surface area contributed by atoms with Crippen molar-refractivity contribution >= 4 is 24.2 Å². The summed E-state index contributed by atoms with van der Waals surface area (Å²) < 4.78 is 5.12. The molecular weight excluding hydrogens is 258 g/mol. The normalized spacial score (nSPS) is 15.8. The van der Waals surface area contributed by atoms with Gasteiger partial charge in [0.25, 0.3) is 0 Å². The molecule has 1 aromatic rings. The number of allylic oxidation sites excluding steroid dienone is 2. The Kier molecular flexibility index (Phi) is 4.80. The molecular formula is C14H15N3OS. The number of benzene rings is 1. The minimum absolute atomic E-state index is 0.684. The largest absolute Gasteiger partial charge is 0.497 e. The lowest BCUT2D eigenvalue weighted by molar-refractivity contribution is 0.414. The second-order valence-corrected chi connectivity index (χ2v) is 4.85. The minimum atomic E-state index is 0.684. The Hall–Kier alpha value is -2.01. The minimum Gasteiger partial charge on any atom is -0.497 e. The highest BCUT2D eigenvalue weighted by Crippen LogP contribution is 2.22. The summed E-state index contributed by atoms with van der Waals surface area (Å²) in [5.74, 6) is 2.44. The van der Waals surface area contributed by atoms with Crippen LogP contribution in [-0.2, 0) is 5.75 Å². The Morgan fingerprint density at radius 3 is 2.74 bits per heavy atom. The van der Waals surface area contributed by atoms with Crippen LogP contribution in [0.5, 0.6) is 5.75 Å². The third-order valence-electron chi connectivity index (χ3n) is 2.50. The Bertz CT molecular complexity index is 532. The van der Waals surface area contributed by atoms with Gasteiger partial charge in [0.1, 0.15) is 11.6 Å². The highest BCUT2D eigenvalue weighted by atomic mass is 32.2. The second kappa shape index (κ2) is 6.80. The van der Waals surface area contributed by atoms with Crippen molar-refractivity contribution in [2.24, 2.45) is 4.99 Å². The van der Waals surface area contributed by atoms with Gasteiger partial charge in [-0.25, -0.2) is 4.99 Å². The van der Waals surface area contributed by atoms with Crippen LogP contribution in [0.3, 0.4) is 0 Å². The lowest BCUT2D eigenvalue weighted by Crippen LogP contribution is -2.09. The summed E-state index contributed by atoms with van der Waals surface area (Å²) in [6, 6.07) is 8.03. The fraction of sp³-hybridized carbons (Fsp3) is 0.143. The predicted octanol–water partition coefficient (Wildman–Crippen LogP) is 2.93. The molecule has 5 heteroatoms. The molecule has 0 amide bonds. The third-order valence-corrected chi connectivity index (χ3v) is 3.53. The van der Waals surface area contributed by atoms with E-state index in [2.05, 4.69) is 22.4 Å². The first-order chi connectivity index (χ1) is 9.31. The van der Waals surface area contributed by atoms with E-state index in [4.69, 9.17) is 10.1 Å². The highest BCUT2D eigenvalue weighted by molar-refractivity contribution is 8.03. The number of hydrogen-bond donors (Lipinski definition) is 2. The second-order valence-electron chi connectivity index (χ2n) is 3.80. The fourth-order valence-corrected chi connectivity index (χ4v) is 2.29. The molecule has 4 nitrogen and oxygen atoms in total. The average Bonchev–Trinajstić information content (AvgIpc) is 2.47. The van der Waals surface area contributed by atoms with E-state index in [1.807, 2.05) is 18.3 Å². The summed E-state index contributed by atoms with van der Waals surface area (Å²) in [6.45, 7) is 0. The lowest BCUT2D eigenvalue weighted by Gasteiger charge is -2.10. The molecule has 0 atom stereocenters. The molecule has 98 valence electrons. The topological polar surface area (TPSA) is 57.5 Å². The van der Waals surface area contributed by atoms with Gasteiger partial charge in [0.2, 0.25) is 0 Å². The van der Waals surface area contributed by atoms with Crippen LogP contribution in [0.1, 0.15) is 5.56 Å². The molecule has 2 N–H and O–H groups in total. The average molecular weight is 273 g/mol. The maximum Gasteiger partial charge on any atom is 0.131 e. The van der Waals surface area contributed by atoms with Gasteiger partial charge in [-0.2, -0.15) is 0 Å². The monoisotopic (exact) mass is 273 g/mol. The van der Waals surface area contributed by atoms with E-state index in [1.54, 1.807) is 31.2 Å². The van der Waals surface area contributed by atoms with E-state index < -0.39 is 0 Å². The molecule has 2 rings (SSSR count). The summed E-state index contributed by atoms with van der Waals surface area (Å²) >= 11 is 1.71. The van der Waals surface area contributed by atoms with E-state index in [0.29, 0.717) is 5.82 Å². The first-order valence-electron chi connectivity index (χ1n) is 5.79. The molecule has 0 aromatic heterocycles. The predicted molar refractivity (Wildman–Crippen MR) is 80.9 cm³/mol. The maximum atomic E-state index is 6.96. The van der Waals surface area contributed by atoms with Crippen molar-refractivity contribution in [3.05, 3.63) is 52.8 Å². The molecule has 0 saturated heterocycles. The Morgan fingerprint density at radius 2 is 2.16 bits per heavy atom. The van der Waals surface area contributed by atoms with Gasteiger partial charge in [0.05, 0.1) is 7.11 Å². The summed E-state index contributed by atoms with van der Waals surface area (Å²) in [4.78, 5) is 5.27. The molecule has 0 fully saturated rings. The van der Waals surface area contributed by atoms with Crippen molar-refractivity contribution in [2.75, 3.05) is 7.11 Å². The Balaban J connectivity index is 1.88. The summed E-state index contributed by atoms with van der Waals surface area (Å²) in [7, 11) is 1.66. The molecule has 0 aliphatic carbocycles. The zero-order chi connectivity index (χ0) is 13.5. The van der Waals surface area contributed by atoms with Crippen molar-refractivity contribution in [1.82, 2.24) is 5.32 Å². The van der Waals surface area contributed by atoms with E-state index >= 15 is 0 Å². The Labute approximate surface area is 116 Å². The quantitative estimate of drug-likeness (QED) is 0.811. The summed E-state index contributed by atoms with van der Waals surface area (Å²) in [5, 5.41) is 10.00. The van der Waals surface area contributed by atoms with Crippen LogP contribution in [0.4, 0.5) is 0 Å². The van der Waals surface area contributed by atoms with Gasteiger partial charge >= 0.3 is 0 Å². The van der Waals surface area contributed by atoms with Crippen LogP contribution in [0.25, 0.3) is 0 Å². The number of hydrogen-bond acceptors (Lipinski definition) is 5. The van der Waals surface area contributed by atoms with Crippen molar-refractivity contribution < 1.29 is 4.74 Å². The summed E-state index contributed by atoms with van der Waals surface area (Å²) in [5.41, 5.74) is 1.24. The third kappa shape index (κ3) is 3.99. The number of nitrogens with one attached hydrogen (secondary N) is 2. The molecule has 0 unspecified atom stereocenters. The molecule has 0 radical (unpaired) electrons.